The highest BCUT2D eigenvalue weighted by molar-refractivity contribution is 5.79. The summed E-state index contributed by atoms with van der Waals surface area (Å²) in [4.78, 5) is 91.2. The van der Waals surface area contributed by atoms with E-state index < -0.39 is 308 Å². The number of carbonyl (C=O) groups is 7. The van der Waals surface area contributed by atoms with Crippen LogP contribution < -0.4 is 21.3 Å². The second-order valence-corrected chi connectivity index (χ2v) is 24.0. The zero-order valence-corrected chi connectivity index (χ0v) is 52.0. The number of hydrogen-bond donors (Lipinski definition) is 27. The summed E-state index contributed by atoms with van der Waals surface area (Å²) in [7, 11) is 0. The van der Waals surface area contributed by atoms with Gasteiger partial charge in [-0.15, -0.1) is 0 Å². The molecular formula is C53H86N4O41. The Morgan fingerprint density at radius 3 is 1.26 bits per heavy atom. The van der Waals surface area contributed by atoms with Gasteiger partial charge in [-0.3, -0.25) is 19.2 Å². The molecule has 45 nitrogen and oxygen atoms in total. The zero-order chi connectivity index (χ0) is 73.5. The number of aliphatic hydroxyl groups is 20. The monoisotopic (exact) mass is 1430 g/mol. The highest BCUT2D eigenvalue weighted by atomic mass is 16.8. The highest BCUT2D eigenvalue weighted by Crippen LogP contribution is 2.43. The van der Waals surface area contributed by atoms with E-state index in [1.165, 1.54) is 0 Å². The minimum absolute atomic E-state index is 0.820. The average molecular weight is 1440 g/mol. The SMILES string of the molecule is CC(=O)N[C@H]1[C@H](O[C@@H]2[C@H](O[C@]3(C(=O)O)C[C@H](O)[C@@H](NC(=O)CO)[C@H]([C@H](O)[C@@H](CO)O[C@]4(C(=O)O)C[C@H](O)[C@@H](NC(C)=O)[C@H]([C@H](O)[C@@H](CO)O[C@]5(C(=O)O)C[C@H](O)[C@@H](NC(C)=O)[C@H]([C@H](O)[C@H](O)CO)O5)O4)O3)[C@@H](O)[C@H](O[C@H]3[C@H](O)[C@@H](O)[C@H](O)O[C@@H]3CO)O[C@@H]2CO)O[C@H](CO)[C@H](O)[C@@H]1O. The predicted molar refractivity (Wildman–Crippen MR) is 299 cm³/mol. The van der Waals surface area contributed by atoms with Gasteiger partial charge in [-0.2, -0.15) is 0 Å². The molecule has 0 aromatic carbocycles. The van der Waals surface area contributed by atoms with Gasteiger partial charge in [-0.1, -0.05) is 0 Å². The van der Waals surface area contributed by atoms with Crippen LogP contribution in [0.5, 0.6) is 0 Å². The van der Waals surface area contributed by atoms with E-state index in [-0.39, 0.29) is 0 Å². The fourth-order valence-electron chi connectivity index (χ4n) is 12.2. The van der Waals surface area contributed by atoms with Crippen molar-refractivity contribution in [3.05, 3.63) is 0 Å². The molecule has 0 spiro atoms. The minimum Gasteiger partial charge on any atom is -0.477 e. The smallest absolute Gasteiger partial charge is 0.364 e. The van der Waals surface area contributed by atoms with Crippen molar-refractivity contribution in [1.82, 2.24) is 21.3 Å². The number of carboxylic acids is 3. The van der Waals surface area contributed by atoms with Crippen LogP contribution in [0.2, 0.25) is 0 Å². The second kappa shape index (κ2) is 34.3. The number of aliphatic hydroxyl groups excluding tert-OH is 20. The summed E-state index contributed by atoms with van der Waals surface area (Å²) in [5, 5.41) is 260. The third-order valence-electron chi connectivity index (χ3n) is 17.1. The number of aliphatic carboxylic acids is 3. The second-order valence-electron chi connectivity index (χ2n) is 24.0. The van der Waals surface area contributed by atoms with Crippen LogP contribution in [-0.4, -0.2) is 406 Å². The number of carbonyl (C=O) groups excluding carboxylic acids is 4. The lowest BCUT2D eigenvalue weighted by atomic mass is 9.86. The van der Waals surface area contributed by atoms with Crippen molar-refractivity contribution in [2.45, 2.75) is 241 Å². The van der Waals surface area contributed by atoms with Gasteiger partial charge in [0.15, 0.2) is 18.9 Å². The van der Waals surface area contributed by atoms with Crippen molar-refractivity contribution in [1.29, 1.82) is 0 Å². The summed E-state index contributed by atoms with van der Waals surface area (Å²) in [6, 6.07) is -8.11. The van der Waals surface area contributed by atoms with Gasteiger partial charge in [-0.05, 0) is 0 Å². The molecule has 33 atom stereocenters. The van der Waals surface area contributed by atoms with Gasteiger partial charge in [0.25, 0.3) is 17.4 Å². The van der Waals surface area contributed by atoms with E-state index in [1.54, 1.807) is 0 Å². The molecule has 0 unspecified atom stereocenters. The molecule has 6 aliphatic heterocycles. The van der Waals surface area contributed by atoms with Crippen molar-refractivity contribution in [3.8, 4) is 0 Å². The van der Waals surface area contributed by atoms with Crippen molar-refractivity contribution in [2.75, 3.05) is 46.2 Å². The Labute approximate surface area is 552 Å². The molecule has 0 aromatic heterocycles. The molecule has 0 radical (unpaired) electrons. The highest BCUT2D eigenvalue weighted by Gasteiger charge is 2.65. The Hall–Kier alpha value is -4.95. The molecule has 98 heavy (non-hydrogen) atoms. The molecule has 6 saturated heterocycles. The summed E-state index contributed by atoms with van der Waals surface area (Å²) in [6.07, 6.45) is -65.5. The molecule has 6 aliphatic rings. The molecule has 564 valence electrons. The van der Waals surface area contributed by atoms with Crippen LogP contribution in [0, 0.1) is 0 Å². The number of rotatable bonds is 30. The van der Waals surface area contributed by atoms with Crippen LogP contribution in [-0.2, 0) is 85.7 Å². The van der Waals surface area contributed by atoms with Crippen LogP contribution >= 0.6 is 0 Å². The molecule has 27 N–H and O–H groups in total. The van der Waals surface area contributed by atoms with Crippen molar-refractivity contribution < 1.29 is 203 Å². The van der Waals surface area contributed by atoms with Gasteiger partial charge in [0.05, 0.1) is 76.1 Å². The van der Waals surface area contributed by atoms with E-state index in [2.05, 4.69) is 16.0 Å². The number of hydrogen-bond acceptors (Lipinski definition) is 38. The first-order chi connectivity index (χ1) is 45.9. The lowest BCUT2D eigenvalue weighted by Gasteiger charge is -2.52. The van der Waals surface area contributed by atoms with E-state index in [4.69, 9.17) is 52.1 Å². The van der Waals surface area contributed by atoms with E-state index in [9.17, 15) is 151 Å². The first-order valence-electron chi connectivity index (χ1n) is 30.2. The van der Waals surface area contributed by atoms with E-state index in [1.807, 2.05) is 5.32 Å². The van der Waals surface area contributed by atoms with Crippen LogP contribution in [0.15, 0.2) is 0 Å². The van der Waals surface area contributed by atoms with Gasteiger partial charge in [0.2, 0.25) is 23.6 Å². The van der Waals surface area contributed by atoms with Gasteiger partial charge < -0.3 is 191 Å². The van der Waals surface area contributed by atoms with Gasteiger partial charge in [0.1, 0.15) is 135 Å². The lowest BCUT2D eigenvalue weighted by Crippen LogP contribution is -2.73. The maximum absolute atomic E-state index is 14.0. The van der Waals surface area contributed by atoms with Gasteiger partial charge >= 0.3 is 17.9 Å². The van der Waals surface area contributed by atoms with Crippen LogP contribution in [0.1, 0.15) is 40.0 Å². The van der Waals surface area contributed by atoms with Gasteiger partial charge in [-0.25, -0.2) is 14.4 Å². The molecular weight excluding hydrogens is 1350 g/mol. The molecule has 0 bridgehead atoms. The molecule has 6 fully saturated rings. The molecule has 0 aromatic rings. The van der Waals surface area contributed by atoms with Crippen molar-refractivity contribution >= 4 is 41.5 Å². The number of ether oxygens (including phenoxy) is 11. The standard InChI is InChI=1S/C53H86N4O41/c1-14(65)54-27-17(68)4-51(48(82)83,95-41(27)31(73)20(71)7-58)93-22(9-60)33(75)42-28(55-15(2)66)18(69)5-52(96-42,49(84)85)94-23(10-61)34(76)43-29(57-26(72)13-64)19(70)6-53(97-43,50(86)87)98-44-38(80)47(91-39-24(11-62)88-45(81)37(79)36(39)78)90-25(12-63)40(44)92-46-30(56-16(3)67)35(77)32(74)21(8-59)89-46/h17-25,27-47,58-64,68-71,73-81H,4-13H2,1-3H3,(H,54,65)(H,55,66)(H,56,67)(H,57,72)(H,82,83)(H,84,85)(H,86,87)/t17-,18-,19-,20+,21+,22+,23+,24+,25+,27+,28+,29+,30+,31+,32-,33+,34+,35+,36+,37+,38+,39+,40-,41+,42+,43+,44+,45+,46-,47-,51+,52+,53-/m0/s1. The molecule has 6 heterocycles. The normalized spacial score (nSPS) is 41.8. The largest absolute Gasteiger partial charge is 0.477 e. The van der Waals surface area contributed by atoms with Crippen molar-refractivity contribution in [3.63, 3.8) is 0 Å². The Kier molecular flexibility index (Phi) is 28.7. The van der Waals surface area contributed by atoms with E-state index in [0.29, 0.717) is 0 Å². The number of nitrogens with one attached hydrogen (secondary N) is 4. The maximum Gasteiger partial charge on any atom is 0.364 e. The third-order valence-corrected chi connectivity index (χ3v) is 17.1. The van der Waals surface area contributed by atoms with E-state index in [0.717, 1.165) is 20.8 Å². The molecule has 4 amide bonds. The summed E-state index contributed by atoms with van der Waals surface area (Å²) in [6.45, 7) is -6.92. The van der Waals surface area contributed by atoms with Gasteiger partial charge in [0, 0.05) is 40.0 Å². The maximum atomic E-state index is 14.0. The number of carboxylic acid groups (broad SMARTS) is 3. The lowest BCUT2D eigenvalue weighted by molar-refractivity contribution is -0.401. The summed E-state index contributed by atoms with van der Waals surface area (Å²) in [5.41, 5.74) is 0. The summed E-state index contributed by atoms with van der Waals surface area (Å²) >= 11 is 0. The quantitative estimate of drug-likeness (QED) is 0.0318. The third kappa shape index (κ3) is 17.7. The van der Waals surface area contributed by atoms with Crippen molar-refractivity contribution in [2.24, 2.45) is 0 Å². The Morgan fingerprint density at radius 1 is 0.439 bits per heavy atom. The average Bonchev–Trinajstić information content (AvgIpc) is 0.752. The first-order valence-corrected chi connectivity index (χ1v) is 30.2. The van der Waals surface area contributed by atoms with Crippen LogP contribution in [0.25, 0.3) is 0 Å². The number of amides is 4. The fourth-order valence-corrected chi connectivity index (χ4v) is 12.2. The summed E-state index contributed by atoms with van der Waals surface area (Å²) < 4.78 is 63.0. The Bertz CT molecular complexity index is 2690. The van der Waals surface area contributed by atoms with E-state index >= 15 is 0 Å². The molecule has 0 aliphatic carbocycles. The molecule has 45 heteroatoms. The Morgan fingerprint density at radius 2 is 0.837 bits per heavy atom. The summed E-state index contributed by atoms with van der Waals surface area (Å²) in [5.74, 6) is -22.2. The first kappa shape index (κ1) is 82.0. The molecule has 0 saturated carbocycles. The fraction of sp³-hybridized carbons (Fsp3) is 0.868. The van der Waals surface area contributed by atoms with Crippen LogP contribution in [0.4, 0.5) is 0 Å². The predicted octanol–water partition coefficient (Wildman–Crippen LogP) is -16.9. The topological polar surface area (TPSA) is 734 Å². The van der Waals surface area contributed by atoms with Crippen LogP contribution in [0.3, 0.4) is 0 Å². The molecule has 6 rings (SSSR count). The minimum atomic E-state index is -3.73. The zero-order valence-electron chi connectivity index (χ0n) is 52.0. The Balaban J connectivity index is 1.43.